The lowest BCUT2D eigenvalue weighted by Gasteiger charge is -2.35. The quantitative estimate of drug-likeness (QED) is 0.874. The fourth-order valence-corrected chi connectivity index (χ4v) is 5.41. The van der Waals surface area contributed by atoms with E-state index in [1.54, 1.807) is 30.8 Å². The van der Waals surface area contributed by atoms with Gasteiger partial charge in [0.2, 0.25) is 0 Å². The Labute approximate surface area is 135 Å². The summed E-state index contributed by atoms with van der Waals surface area (Å²) in [6, 6.07) is 3.59. The second-order valence-corrected chi connectivity index (χ2v) is 8.81. The van der Waals surface area contributed by atoms with E-state index in [1.807, 2.05) is 11.9 Å². The molecule has 1 fully saturated rings. The van der Waals surface area contributed by atoms with Crippen LogP contribution in [0.1, 0.15) is 12.6 Å². The van der Waals surface area contributed by atoms with Crippen LogP contribution in [-0.2, 0) is 16.4 Å². The van der Waals surface area contributed by atoms with Crippen molar-refractivity contribution in [3.63, 3.8) is 0 Å². The molecule has 1 aromatic heterocycles. The summed E-state index contributed by atoms with van der Waals surface area (Å²) in [5.41, 5.74) is 0.738. The number of aromatic nitrogens is 1. The van der Waals surface area contributed by atoms with Gasteiger partial charge in [-0.05, 0) is 19.2 Å². The average molecular weight is 350 g/mol. The minimum absolute atomic E-state index is 0.145. The van der Waals surface area contributed by atoms with Gasteiger partial charge in [-0.2, -0.15) is 11.8 Å². The lowest BCUT2D eigenvalue weighted by Crippen LogP contribution is -2.48. The van der Waals surface area contributed by atoms with Gasteiger partial charge in [-0.1, -0.05) is 18.5 Å². The number of nitrogens with zero attached hydrogens (tertiary/aromatic N) is 2. The summed E-state index contributed by atoms with van der Waals surface area (Å²) in [6.45, 7) is 2.93. The molecule has 1 aromatic rings. The largest absolute Gasteiger partial charge is 0.338 e. The van der Waals surface area contributed by atoms with Gasteiger partial charge in [-0.15, -0.1) is 0 Å². The highest BCUT2D eigenvalue weighted by Crippen LogP contribution is 2.28. The first-order valence-electron chi connectivity index (χ1n) is 6.85. The van der Waals surface area contributed by atoms with Crippen LogP contribution in [0.3, 0.4) is 0 Å². The number of hydrogen-bond donors (Lipinski definition) is 1. The Bertz CT molecular complexity index is 595. The fourth-order valence-electron chi connectivity index (χ4n) is 2.26. The van der Waals surface area contributed by atoms with Gasteiger partial charge in [0.1, 0.15) is 11.2 Å². The molecule has 0 aliphatic carbocycles. The Morgan fingerprint density at radius 3 is 2.95 bits per heavy atom. The SMILES string of the molecule is CCS(=O)(=O)C1CSCCN1c1ccc(Cl)c(CNC)n1. The van der Waals surface area contributed by atoms with E-state index in [-0.39, 0.29) is 5.75 Å². The summed E-state index contributed by atoms with van der Waals surface area (Å²) in [7, 11) is -1.31. The number of rotatable bonds is 5. The second kappa shape index (κ2) is 7.17. The van der Waals surface area contributed by atoms with Crippen molar-refractivity contribution in [1.82, 2.24) is 10.3 Å². The maximum atomic E-state index is 12.3. The first kappa shape index (κ1) is 16.9. The third-order valence-electron chi connectivity index (χ3n) is 3.44. The van der Waals surface area contributed by atoms with Crippen LogP contribution < -0.4 is 10.2 Å². The molecular weight excluding hydrogens is 330 g/mol. The molecule has 0 saturated carbocycles. The summed E-state index contributed by atoms with van der Waals surface area (Å²) in [5.74, 6) is 2.32. The van der Waals surface area contributed by atoms with Crippen molar-refractivity contribution >= 4 is 39.0 Å². The van der Waals surface area contributed by atoms with Gasteiger partial charge in [0, 0.05) is 30.3 Å². The topological polar surface area (TPSA) is 62.3 Å². The maximum Gasteiger partial charge on any atom is 0.171 e. The van der Waals surface area contributed by atoms with Gasteiger partial charge in [-0.25, -0.2) is 13.4 Å². The Balaban J connectivity index is 2.35. The molecule has 1 atom stereocenters. The van der Waals surface area contributed by atoms with Crippen LogP contribution in [0.2, 0.25) is 5.02 Å². The van der Waals surface area contributed by atoms with E-state index in [4.69, 9.17) is 11.6 Å². The number of pyridine rings is 1. The molecule has 0 bridgehead atoms. The van der Waals surface area contributed by atoms with Gasteiger partial charge in [0.05, 0.1) is 10.7 Å². The Kier molecular flexibility index (Phi) is 5.76. The standard InChI is InChI=1S/C13H20ClN3O2S2/c1-3-21(18,19)13-9-20-7-6-17(13)12-5-4-10(14)11(16-12)8-15-2/h4-5,13,15H,3,6-9H2,1-2H3. The number of thioether (sulfide) groups is 1. The minimum Gasteiger partial charge on any atom is -0.338 e. The van der Waals surface area contributed by atoms with Crippen molar-refractivity contribution in [3.8, 4) is 0 Å². The molecule has 21 heavy (non-hydrogen) atoms. The lowest BCUT2D eigenvalue weighted by atomic mass is 10.3. The van der Waals surface area contributed by atoms with Gasteiger partial charge < -0.3 is 10.2 Å². The van der Waals surface area contributed by atoms with E-state index < -0.39 is 15.2 Å². The van der Waals surface area contributed by atoms with Gasteiger partial charge in [0.15, 0.2) is 9.84 Å². The molecular formula is C13H20ClN3O2S2. The van der Waals surface area contributed by atoms with Gasteiger partial charge >= 0.3 is 0 Å². The monoisotopic (exact) mass is 349 g/mol. The van der Waals surface area contributed by atoms with Crippen LogP contribution in [0.15, 0.2) is 12.1 Å². The highest BCUT2D eigenvalue weighted by atomic mass is 35.5. The molecule has 1 saturated heterocycles. The highest BCUT2D eigenvalue weighted by molar-refractivity contribution is 8.01. The first-order valence-corrected chi connectivity index (χ1v) is 10.1. The number of sulfone groups is 1. The average Bonchev–Trinajstić information content (AvgIpc) is 2.50. The normalized spacial score (nSPS) is 19.8. The van der Waals surface area contributed by atoms with Crippen molar-refractivity contribution in [3.05, 3.63) is 22.8 Å². The summed E-state index contributed by atoms with van der Waals surface area (Å²) in [6.07, 6.45) is 0. The zero-order valence-corrected chi connectivity index (χ0v) is 14.6. The van der Waals surface area contributed by atoms with Crippen LogP contribution in [0, 0.1) is 0 Å². The van der Waals surface area contributed by atoms with E-state index in [0.29, 0.717) is 29.7 Å². The number of nitrogens with one attached hydrogen (secondary N) is 1. The number of halogens is 1. The lowest BCUT2D eigenvalue weighted by molar-refractivity contribution is 0.578. The van der Waals surface area contributed by atoms with E-state index in [2.05, 4.69) is 10.3 Å². The number of anilines is 1. The van der Waals surface area contributed by atoms with Crippen LogP contribution in [0.25, 0.3) is 0 Å². The van der Waals surface area contributed by atoms with Crippen molar-refractivity contribution in [2.75, 3.05) is 35.8 Å². The smallest absolute Gasteiger partial charge is 0.171 e. The predicted octanol–water partition coefficient (Wildman–Crippen LogP) is 1.77. The zero-order chi connectivity index (χ0) is 15.5. The molecule has 1 aliphatic rings. The fraction of sp³-hybridized carbons (Fsp3) is 0.615. The maximum absolute atomic E-state index is 12.3. The van der Waals surface area contributed by atoms with Gasteiger partial charge in [-0.3, -0.25) is 0 Å². The molecule has 118 valence electrons. The molecule has 0 aromatic carbocycles. The Morgan fingerprint density at radius 1 is 1.52 bits per heavy atom. The van der Waals surface area contributed by atoms with Crippen LogP contribution in [0.4, 0.5) is 5.82 Å². The predicted molar refractivity (Wildman–Crippen MR) is 89.9 cm³/mol. The Morgan fingerprint density at radius 2 is 2.29 bits per heavy atom. The van der Waals surface area contributed by atoms with Crippen molar-refractivity contribution in [2.24, 2.45) is 0 Å². The van der Waals surface area contributed by atoms with Crippen molar-refractivity contribution in [1.29, 1.82) is 0 Å². The van der Waals surface area contributed by atoms with Crippen molar-refractivity contribution < 1.29 is 8.42 Å². The third kappa shape index (κ3) is 3.83. The minimum atomic E-state index is -3.14. The molecule has 1 unspecified atom stereocenters. The molecule has 5 nitrogen and oxygen atoms in total. The van der Waals surface area contributed by atoms with E-state index in [9.17, 15) is 8.42 Å². The molecule has 0 spiro atoms. The summed E-state index contributed by atoms with van der Waals surface area (Å²) in [4.78, 5) is 6.44. The second-order valence-electron chi connectivity index (χ2n) is 4.80. The zero-order valence-electron chi connectivity index (χ0n) is 12.2. The molecule has 1 N–H and O–H groups in total. The van der Waals surface area contributed by atoms with Crippen LogP contribution >= 0.6 is 23.4 Å². The van der Waals surface area contributed by atoms with Crippen LogP contribution in [0.5, 0.6) is 0 Å². The molecule has 0 amide bonds. The van der Waals surface area contributed by atoms with Crippen LogP contribution in [-0.4, -0.2) is 49.6 Å². The summed E-state index contributed by atoms with van der Waals surface area (Å²) >= 11 is 7.80. The van der Waals surface area contributed by atoms with E-state index in [1.165, 1.54) is 0 Å². The van der Waals surface area contributed by atoms with E-state index >= 15 is 0 Å². The highest BCUT2D eigenvalue weighted by Gasteiger charge is 2.33. The summed E-state index contributed by atoms with van der Waals surface area (Å²) in [5, 5.41) is 3.11. The summed E-state index contributed by atoms with van der Waals surface area (Å²) < 4.78 is 24.6. The first-order chi connectivity index (χ1) is 9.99. The van der Waals surface area contributed by atoms with Crippen molar-refractivity contribution in [2.45, 2.75) is 18.8 Å². The van der Waals surface area contributed by atoms with Gasteiger partial charge in [0.25, 0.3) is 0 Å². The molecule has 2 rings (SSSR count). The number of hydrogen-bond acceptors (Lipinski definition) is 6. The third-order valence-corrected chi connectivity index (χ3v) is 7.08. The molecule has 2 heterocycles. The van der Waals surface area contributed by atoms with E-state index in [0.717, 1.165) is 11.4 Å². The molecule has 8 heteroatoms. The molecule has 1 aliphatic heterocycles. The Hall–Kier alpha value is -0.500. The molecule has 0 radical (unpaired) electrons.